The molecule has 1 aromatic heterocycles. The minimum Gasteiger partial charge on any atom is -0.496 e. The number of nitrogens with one attached hydrogen (secondary N) is 1. The maximum atomic E-state index is 5.70. The van der Waals surface area contributed by atoms with E-state index in [9.17, 15) is 0 Å². The zero-order valence-corrected chi connectivity index (χ0v) is 11.3. The number of aromatic nitrogens is 2. The molecule has 6 heteroatoms. The monoisotopic (exact) mass is 275 g/mol. The summed E-state index contributed by atoms with van der Waals surface area (Å²) in [5.74, 6) is 1.73. The molecule has 0 amide bonds. The average molecular weight is 275 g/mol. The van der Waals surface area contributed by atoms with Gasteiger partial charge in [-0.15, -0.1) is 0 Å². The van der Waals surface area contributed by atoms with Gasteiger partial charge in [-0.05, 0) is 25.1 Å². The highest BCUT2D eigenvalue weighted by Crippen LogP contribution is 2.27. The molecule has 2 heterocycles. The highest BCUT2D eigenvalue weighted by atomic mass is 16.5. The fraction of sp³-hybridized carbons (Fsp3) is 0.429. The molecule has 1 saturated heterocycles. The van der Waals surface area contributed by atoms with E-state index in [1.54, 1.807) is 7.11 Å². The van der Waals surface area contributed by atoms with Gasteiger partial charge in [-0.3, -0.25) is 0 Å². The van der Waals surface area contributed by atoms with Crippen LogP contribution in [0.3, 0.4) is 0 Å². The summed E-state index contributed by atoms with van der Waals surface area (Å²) in [4.78, 5) is 4.35. The Morgan fingerprint density at radius 3 is 3.10 bits per heavy atom. The third kappa shape index (κ3) is 2.81. The minimum absolute atomic E-state index is 0.233. The van der Waals surface area contributed by atoms with Gasteiger partial charge in [-0.2, -0.15) is 4.98 Å². The van der Waals surface area contributed by atoms with E-state index < -0.39 is 0 Å². The van der Waals surface area contributed by atoms with Crippen molar-refractivity contribution in [3.63, 3.8) is 0 Å². The molecule has 6 nitrogen and oxygen atoms in total. The molecule has 1 aromatic carbocycles. The minimum atomic E-state index is 0.233. The number of para-hydroxylation sites is 1. The standard InChI is InChI=1S/C14H17N3O3/c1-18-12-5-3-2-4-11(12)14-16-13(20-17-14)9-19-10-6-7-15-8-10/h2-5,10,15H,6-9H2,1H3. The predicted octanol–water partition coefficient (Wildman–Crippen LogP) is 1.62. The van der Waals surface area contributed by atoms with Crippen LogP contribution in [0.25, 0.3) is 11.4 Å². The van der Waals surface area contributed by atoms with E-state index in [1.807, 2.05) is 24.3 Å². The molecular weight excluding hydrogens is 258 g/mol. The first-order valence-corrected chi connectivity index (χ1v) is 6.65. The topological polar surface area (TPSA) is 69.4 Å². The lowest BCUT2D eigenvalue weighted by atomic mass is 10.2. The Bertz CT molecular complexity index is 564. The number of benzene rings is 1. The van der Waals surface area contributed by atoms with E-state index in [4.69, 9.17) is 14.0 Å². The molecular formula is C14H17N3O3. The van der Waals surface area contributed by atoms with Crippen LogP contribution in [0, 0.1) is 0 Å². The molecule has 1 aliphatic rings. The summed E-state index contributed by atoms with van der Waals surface area (Å²) in [6, 6.07) is 7.58. The van der Waals surface area contributed by atoms with Crippen LogP contribution in [0.1, 0.15) is 12.3 Å². The zero-order valence-electron chi connectivity index (χ0n) is 11.3. The first-order valence-electron chi connectivity index (χ1n) is 6.65. The molecule has 1 aliphatic heterocycles. The summed E-state index contributed by atoms with van der Waals surface area (Å²) in [7, 11) is 1.62. The first-order chi connectivity index (χ1) is 9.86. The van der Waals surface area contributed by atoms with E-state index in [0.29, 0.717) is 18.3 Å². The third-order valence-electron chi connectivity index (χ3n) is 3.27. The maximum absolute atomic E-state index is 5.70. The second kappa shape index (κ2) is 6.02. The van der Waals surface area contributed by atoms with Crippen molar-refractivity contribution in [1.29, 1.82) is 0 Å². The Morgan fingerprint density at radius 1 is 1.40 bits per heavy atom. The Hall–Kier alpha value is -1.92. The Labute approximate surface area is 117 Å². The largest absolute Gasteiger partial charge is 0.496 e. The van der Waals surface area contributed by atoms with Gasteiger partial charge >= 0.3 is 0 Å². The van der Waals surface area contributed by atoms with Crippen molar-refractivity contribution in [1.82, 2.24) is 15.5 Å². The van der Waals surface area contributed by atoms with Crippen LogP contribution in [0.4, 0.5) is 0 Å². The molecule has 1 atom stereocenters. The van der Waals surface area contributed by atoms with Crippen LogP contribution < -0.4 is 10.1 Å². The van der Waals surface area contributed by atoms with E-state index in [2.05, 4.69) is 15.5 Å². The second-order valence-electron chi connectivity index (χ2n) is 4.64. The fourth-order valence-corrected chi connectivity index (χ4v) is 2.21. The van der Waals surface area contributed by atoms with Crippen LogP contribution >= 0.6 is 0 Å². The van der Waals surface area contributed by atoms with Gasteiger partial charge in [-0.25, -0.2) is 0 Å². The molecule has 0 aliphatic carbocycles. The maximum Gasteiger partial charge on any atom is 0.252 e. The van der Waals surface area contributed by atoms with Crippen LogP contribution in [-0.4, -0.2) is 36.4 Å². The van der Waals surface area contributed by atoms with Gasteiger partial charge in [0.05, 0.1) is 18.8 Å². The third-order valence-corrected chi connectivity index (χ3v) is 3.27. The van der Waals surface area contributed by atoms with Crippen LogP contribution in [-0.2, 0) is 11.3 Å². The molecule has 106 valence electrons. The summed E-state index contributed by atoms with van der Waals surface area (Å²) >= 11 is 0. The normalized spacial score (nSPS) is 18.4. The van der Waals surface area contributed by atoms with Gasteiger partial charge in [0.2, 0.25) is 5.82 Å². The van der Waals surface area contributed by atoms with Crippen molar-refractivity contribution in [2.75, 3.05) is 20.2 Å². The highest BCUT2D eigenvalue weighted by molar-refractivity contribution is 5.63. The molecule has 1 fully saturated rings. The molecule has 20 heavy (non-hydrogen) atoms. The van der Waals surface area contributed by atoms with Gasteiger partial charge < -0.3 is 19.3 Å². The van der Waals surface area contributed by atoms with Gasteiger partial charge in [0.15, 0.2) is 0 Å². The van der Waals surface area contributed by atoms with Gasteiger partial charge in [0, 0.05) is 6.54 Å². The summed E-state index contributed by atoms with van der Waals surface area (Å²) in [5.41, 5.74) is 0.813. The lowest BCUT2D eigenvalue weighted by Gasteiger charge is -2.06. The predicted molar refractivity (Wildman–Crippen MR) is 72.3 cm³/mol. The number of hydrogen-bond acceptors (Lipinski definition) is 6. The molecule has 2 aromatic rings. The van der Waals surface area contributed by atoms with Crippen LogP contribution in [0.5, 0.6) is 5.75 Å². The van der Waals surface area contributed by atoms with Crippen molar-refractivity contribution in [3.05, 3.63) is 30.2 Å². The molecule has 1 N–H and O–H groups in total. The molecule has 0 saturated carbocycles. The van der Waals surface area contributed by atoms with E-state index in [0.717, 1.165) is 30.8 Å². The summed E-state index contributed by atoms with van der Waals surface area (Å²) in [6.45, 7) is 2.23. The van der Waals surface area contributed by atoms with Crippen molar-refractivity contribution >= 4 is 0 Å². The van der Waals surface area contributed by atoms with Crippen LogP contribution in [0.15, 0.2) is 28.8 Å². The number of rotatable bonds is 5. The van der Waals surface area contributed by atoms with Crippen molar-refractivity contribution in [2.45, 2.75) is 19.1 Å². The lowest BCUT2D eigenvalue weighted by Crippen LogP contribution is -2.16. The average Bonchev–Trinajstić information content (AvgIpc) is 3.16. The van der Waals surface area contributed by atoms with E-state index in [1.165, 1.54) is 0 Å². The van der Waals surface area contributed by atoms with Gasteiger partial charge in [0.1, 0.15) is 12.4 Å². The Kier molecular flexibility index (Phi) is 3.94. The lowest BCUT2D eigenvalue weighted by molar-refractivity contribution is 0.0383. The molecule has 0 bridgehead atoms. The van der Waals surface area contributed by atoms with E-state index in [-0.39, 0.29) is 6.10 Å². The smallest absolute Gasteiger partial charge is 0.252 e. The molecule has 3 rings (SSSR count). The molecule has 1 unspecified atom stereocenters. The van der Waals surface area contributed by atoms with Gasteiger partial charge in [0.25, 0.3) is 5.89 Å². The Morgan fingerprint density at radius 2 is 2.30 bits per heavy atom. The fourth-order valence-electron chi connectivity index (χ4n) is 2.21. The summed E-state index contributed by atoms with van der Waals surface area (Å²) < 4.78 is 16.2. The van der Waals surface area contributed by atoms with Crippen molar-refractivity contribution < 1.29 is 14.0 Å². The quantitative estimate of drug-likeness (QED) is 0.894. The number of nitrogens with zero attached hydrogens (tertiary/aromatic N) is 2. The first kappa shape index (κ1) is 13.1. The summed E-state index contributed by atoms with van der Waals surface area (Å²) in [6.07, 6.45) is 1.25. The van der Waals surface area contributed by atoms with Crippen molar-refractivity contribution in [2.24, 2.45) is 0 Å². The number of methoxy groups -OCH3 is 1. The second-order valence-corrected chi connectivity index (χ2v) is 4.64. The van der Waals surface area contributed by atoms with Crippen LogP contribution in [0.2, 0.25) is 0 Å². The van der Waals surface area contributed by atoms with Crippen molar-refractivity contribution in [3.8, 4) is 17.1 Å². The molecule has 0 spiro atoms. The number of hydrogen-bond donors (Lipinski definition) is 1. The number of ether oxygens (including phenoxy) is 2. The van der Waals surface area contributed by atoms with Gasteiger partial charge in [-0.1, -0.05) is 17.3 Å². The molecule has 0 radical (unpaired) electrons. The highest BCUT2D eigenvalue weighted by Gasteiger charge is 2.17. The Balaban J connectivity index is 1.69. The van der Waals surface area contributed by atoms with E-state index >= 15 is 0 Å². The zero-order chi connectivity index (χ0) is 13.8. The SMILES string of the molecule is COc1ccccc1-c1noc(COC2CCNC2)n1. The summed E-state index contributed by atoms with van der Waals surface area (Å²) in [5, 5.41) is 7.23.